The van der Waals surface area contributed by atoms with Gasteiger partial charge < -0.3 is 14.5 Å². The van der Waals surface area contributed by atoms with Crippen LogP contribution in [0.15, 0.2) is 33.3 Å². The molecule has 2 rings (SSSR count). The smallest absolute Gasteiger partial charge is 0.355 e. The molecule has 2 aromatic rings. The van der Waals surface area contributed by atoms with Crippen molar-refractivity contribution in [2.45, 2.75) is 31.8 Å². The molecule has 1 aromatic heterocycles. The number of rotatable bonds is 7. The highest BCUT2D eigenvalue weighted by Crippen LogP contribution is 2.39. The van der Waals surface area contributed by atoms with Gasteiger partial charge in [-0.25, -0.2) is 9.18 Å². The van der Waals surface area contributed by atoms with Gasteiger partial charge >= 0.3 is 5.97 Å². The summed E-state index contributed by atoms with van der Waals surface area (Å²) in [5.41, 5.74) is 1.85. The van der Waals surface area contributed by atoms with Crippen molar-refractivity contribution in [1.82, 2.24) is 4.98 Å². The topological polar surface area (TPSA) is 51.3 Å². The molecule has 142 valence electrons. The van der Waals surface area contributed by atoms with Gasteiger partial charge in [-0.2, -0.15) is 0 Å². The van der Waals surface area contributed by atoms with E-state index in [4.69, 9.17) is 9.47 Å². The summed E-state index contributed by atoms with van der Waals surface area (Å²) in [4.78, 5) is 14.9. The van der Waals surface area contributed by atoms with Gasteiger partial charge in [0.15, 0.2) is 0 Å². The first-order chi connectivity index (χ1) is 12.1. The summed E-state index contributed by atoms with van der Waals surface area (Å²) in [6.07, 6.45) is -0.453. The van der Waals surface area contributed by atoms with Crippen molar-refractivity contribution >= 4 is 45.9 Å². The normalized spacial score (nSPS) is 12.9. The van der Waals surface area contributed by atoms with Crippen molar-refractivity contribution < 1.29 is 18.7 Å². The Morgan fingerprint density at radius 3 is 2.38 bits per heavy atom. The lowest BCUT2D eigenvalue weighted by Crippen LogP contribution is -2.22. The molecule has 0 amide bonds. The molecule has 1 heterocycles. The van der Waals surface area contributed by atoms with Gasteiger partial charge in [0, 0.05) is 20.2 Å². The monoisotopic (exact) mass is 505 g/mol. The second-order valence-corrected chi connectivity index (χ2v) is 14.4. The number of aromatic amines is 1. The van der Waals surface area contributed by atoms with Crippen LogP contribution in [0.25, 0.3) is 0 Å². The third-order valence-electron chi connectivity index (χ3n) is 3.89. The van der Waals surface area contributed by atoms with E-state index in [1.54, 1.807) is 12.1 Å². The number of carbonyl (C=O) groups is 1. The van der Waals surface area contributed by atoms with Gasteiger partial charge in [-0.15, -0.1) is 0 Å². The fourth-order valence-electron chi connectivity index (χ4n) is 2.40. The quantitative estimate of drug-likeness (QED) is 0.375. The van der Waals surface area contributed by atoms with E-state index in [9.17, 15) is 9.18 Å². The standard InChI is InChI=1S/C18H22Br2FNO3Si/c1-24-18(23)15-14(19)13(17(20)22-15)16(25-9-10-26(2,3)4)11-5-7-12(21)8-6-11/h5-8,16,22H,9-10H2,1-4H3. The highest BCUT2D eigenvalue weighted by molar-refractivity contribution is 9.11. The molecule has 0 fully saturated rings. The van der Waals surface area contributed by atoms with Gasteiger partial charge in [0.2, 0.25) is 0 Å². The zero-order chi connectivity index (χ0) is 19.5. The van der Waals surface area contributed by atoms with Crippen molar-refractivity contribution in [2.75, 3.05) is 13.7 Å². The molecule has 0 spiro atoms. The van der Waals surface area contributed by atoms with E-state index in [1.807, 2.05) is 0 Å². The summed E-state index contributed by atoms with van der Waals surface area (Å²) in [6.45, 7) is 7.41. The molecule has 0 aliphatic heterocycles. The first kappa shape index (κ1) is 21.3. The average Bonchev–Trinajstić information content (AvgIpc) is 2.86. The van der Waals surface area contributed by atoms with Crippen LogP contribution in [0.5, 0.6) is 0 Å². The van der Waals surface area contributed by atoms with Crippen molar-refractivity contribution in [3.63, 3.8) is 0 Å². The predicted octanol–water partition coefficient (Wildman–Crippen LogP) is 5.91. The van der Waals surface area contributed by atoms with Crippen LogP contribution in [0, 0.1) is 5.82 Å². The van der Waals surface area contributed by atoms with E-state index >= 15 is 0 Å². The van der Waals surface area contributed by atoms with Crippen LogP contribution in [-0.4, -0.2) is 32.7 Å². The van der Waals surface area contributed by atoms with Crippen LogP contribution in [-0.2, 0) is 9.47 Å². The third kappa shape index (κ3) is 5.28. The molecular weight excluding hydrogens is 485 g/mol. The Morgan fingerprint density at radius 1 is 1.23 bits per heavy atom. The van der Waals surface area contributed by atoms with Crippen LogP contribution in [0.1, 0.15) is 27.7 Å². The minimum atomic E-state index is -1.27. The lowest BCUT2D eigenvalue weighted by Gasteiger charge is -2.22. The number of ether oxygens (including phenoxy) is 2. The van der Waals surface area contributed by atoms with Crippen molar-refractivity contribution in [2.24, 2.45) is 0 Å². The second-order valence-electron chi connectivity index (χ2n) is 7.15. The third-order valence-corrected chi connectivity index (χ3v) is 7.04. The summed E-state index contributed by atoms with van der Waals surface area (Å²) < 4.78 is 25.5. The van der Waals surface area contributed by atoms with E-state index in [0.29, 0.717) is 21.4 Å². The van der Waals surface area contributed by atoms with Crippen molar-refractivity contribution in [1.29, 1.82) is 0 Å². The van der Waals surface area contributed by atoms with Gasteiger partial charge in [0.05, 0.1) is 16.2 Å². The Labute approximate surface area is 170 Å². The van der Waals surface area contributed by atoms with Crippen LogP contribution in [0.2, 0.25) is 25.7 Å². The van der Waals surface area contributed by atoms with E-state index < -0.39 is 20.1 Å². The molecule has 1 atom stereocenters. The molecule has 1 N–H and O–H groups in total. The van der Waals surface area contributed by atoms with E-state index in [0.717, 1.165) is 17.2 Å². The molecular formula is C18H22Br2FNO3Si. The number of nitrogens with one attached hydrogen (secondary N) is 1. The highest BCUT2D eigenvalue weighted by Gasteiger charge is 2.28. The van der Waals surface area contributed by atoms with Crippen molar-refractivity contribution in [3.8, 4) is 0 Å². The number of aromatic nitrogens is 1. The maximum Gasteiger partial charge on any atom is 0.355 e. The Kier molecular flexibility index (Phi) is 7.24. The van der Waals surface area contributed by atoms with Crippen LogP contribution < -0.4 is 0 Å². The molecule has 0 aliphatic carbocycles. The van der Waals surface area contributed by atoms with E-state index in [-0.39, 0.29) is 5.82 Å². The maximum atomic E-state index is 13.4. The van der Waals surface area contributed by atoms with Gasteiger partial charge in [0.1, 0.15) is 17.6 Å². The Bertz CT molecular complexity index is 772. The fraction of sp³-hybridized carbons (Fsp3) is 0.389. The summed E-state index contributed by atoms with van der Waals surface area (Å²) in [7, 11) is 0.0536. The molecule has 26 heavy (non-hydrogen) atoms. The molecule has 0 saturated carbocycles. The van der Waals surface area contributed by atoms with Gasteiger partial charge in [-0.05, 0) is 55.6 Å². The number of H-pyrrole nitrogens is 1. The Balaban J connectivity index is 2.42. The largest absolute Gasteiger partial charge is 0.464 e. The van der Waals surface area contributed by atoms with Crippen LogP contribution >= 0.6 is 31.9 Å². The lowest BCUT2D eigenvalue weighted by molar-refractivity contribution is 0.0593. The number of benzene rings is 1. The first-order valence-electron chi connectivity index (χ1n) is 8.16. The van der Waals surface area contributed by atoms with Gasteiger partial charge in [-0.3, -0.25) is 0 Å². The van der Waals surface area contributed by atoms with Gasteiger partial charge in [0.25, 0.3) is 0 Å². The van der Waals surface area contributed by atoms with Gasteiger partial charge in [-0.1, -0.05) is 31.8 Å². The highest BCUT2D eigenvalue weighted by atomic mass is 79.9. The summed E-state index contributed by atoms with van der Waals surface area (Å²) in [5, 5.41) is 0. The minimum Gasteiger partial charge on any atom is -0.464 e. The number of hydrogen-bond donors (Lipinski definition) is 1. The Hall–Kier alpha value is -0.963. The number of esters is 1. The molecule has 0 bridgehead atoms. The zero-order valence-corrected chi connectivity index (χ0v) is 19.3. The number of hydrogen-bond acceptors (Lipinski definition) is 3. The molecule has 4 nitrogen and oxygen atoms in total. The number of halogens is 3. The van der Waals surface area contributed by atoms with Crippen LogP contribution in [0.4, 0.5) is 4.39 Å². The fourth-order valence-corrected chi connectivity index (χ4v) is 4.67. The number of carbonyl (C=O) groups excluding carboxylic acids is 1. The zero-order valence-electron chi connectivity index (χ0n) is 15.2. The maximum absolute atomic E-state index is 13.4. The SMILES string of the molecule is COC(=O)c1[nH]c(Br)c(C(OCC[Si](C)(C)C)c2ccc(F)cc2)c1Br. The van der Waals surface area contributed by atoms with E-state index in [2.05, 4.69) is 56.5 Å². The predicted molar refractivity (Wildman–Crippen MR) is 110 cm³/mol. The van der Waals surface area contributed by atoms with E-state index in [1.165, 1.54) is 19.2 Å². The Morgan fingerprint density at radius 2 is 1.85 bits per heavy atom. The summed E-state index contributed by atoms with van der Waals surface area (Å²) >= 11 is 6.95. The molecule has 1 aromatic carbocycles. The molecule has 8 heteroatoms. The first-order valence-corrected chi connectivity index (χ1v) is 13.5. The molecule has 0 aliphatic rings. The number of methoxy groups -OCH3 is 1. The lowest BCUT2D eigenvalue weighted by atomic mass is 10.0. The average molecular weight is 507 g/mol. The molecule has 0 saturated heterocycles. The van der Waals surface area contributed by atoms with Crippen molar-refractivity contribution in [3.05, 3.63) is 56.0 Å². The summed E-state index contributed by atoms with van der Waals surface area (Å²) in [5.74, 6) is -0.791. The minimum absolute atomic E-state index is 0.301. The molecule has 1 unspecified atom stereocenters. The molecule has 0 radical (unpaired) electrons. The summed E-state index contributed by atoms with van der Waals surface area (Å²) in [6, 6.07) is 7.18. The second kappa shape index (κ2) is 8.82. The van der Waals surface area contributed by atoms with Crippen LogP contribution in [0.3, 0.4) is 0 Å².